The molecule has 1 aromatic carbocycles. The summed E-state index contributed by atoms with van der Waals surface area (Å²) in [5.41, 5.74) is 5.38. The zero-order chi connectivity index (χ0) is 12.8. The molecule has 0 bridgehead atoms. The lowest BCUT2D eigenvalue weighted by Crippen LogP contribution is -2.08. The van der Waals surface area contributed by atoms with Crippen LogP contribution in [0.15, 0.2) is 12.1 Å². The Kier molecular flexibility index (Phi) is 6.34. The summed E-state index contributed by atoms with van der Waals surface area (Å²) < 4.78 is 5.50. The zero-order valence-corrected chi connectivity index (χ0v) is 12.1. The maximum atomic E-state index is 5.96. The molecular formula is C11H12Cl3NOS. The molecule has 0 saturated heterocycles. The molecule has 0 aliphatic rings. The first kappa shape index (κ1) is 14.8. The number of halogens is 3. The Morgan fingerprint density at radius 2 is 1.76 bits per heavy atom. The largest absolute Gasteiger partial charge is 0.490 e. The topological polar surface area (TPSA) is 35.2 Å². The van der Waals surface area contributed by atoms with Crippen LogP contribution in [0.25, 0.3) is 0 Å². The lowest BCUT2D eigenvalue weighted by molar-refractivity contribution is 0.308. The normalized spacial score (nSPS) is 10.3. The first-order chi connectivity index (χ1) is 8.00. The van der Waals surface area contributed by atoms with Crippen LogP contribution in [0.5, 0.6) is 5.75 Å². The summed E-state index contributed by atoms with van der Waals surface area (Å²) in [6.45, 7) is 0.518. The number of ether oxygens (including phenoxy) is 1. The minimum absolute atomic E-state index is 0.414. The number of hydrogen-bond donors (Lipinski definition) is 1. The van der Waals surface area contributed by atoms with Gasteiger partial charge in [0.05, 0.1) is 21.6 Å². The minimum atomic E-state index is 0.414. The third-order valence-electron chi connectivity index (χ3n) is 2.03. The highest BCUT2D eigenvalue weighted by atomic mass is 35.5. The van der Waals surface area contributed by atoms with Crippen molar-refractivity contribution < 1.29 is 4.74 Å². The van der Waals surface area contributed by atoms with Gasteiger partial charge in [-0.3, -0.25) is 0 Å². The van der Waals surface area contributed by atoms with Crippen molar-refractivity contribution in [3.8, 4) is 5.75 Å². The molecule has 1 aromatic rings. The maximum Gasteiger partial charge on any atom is 0.156 e. The van der Waals surface area contributed by atoms with E-state index in [2.05, 4.69) is 0 Å². The highest BCUT2D eigenvalue weighted by Gasteiger charge is 2.08. The molecule has 0 unspecified atom stereocenters. The van der Waals surface area contributed by atoms with E-state index in [4.69, 9.17) is 57.5 Å². The van der Waals surface area contributed by atoms with E-state index in [1.807, 2.05) is 0 Å². The third kappa shape index (κ3) is 5.30. The van der Waals surface area contributed by atoms with E-state index >= 15 is 0 Å². The van der Waals surface area contributed by atoms with Crippen LogP contribution in [0.4, 0.5) is 0 Å². The van der Waals surface area contributed by atoms with Gasteiger partial charge in [0.2, 0.25) is 0 Å². The second-order valence-corrected chi connectivity index (χ2v) is 5.25. The van der Waals surface area contributed by atoms with Gasteiger partial charge in [0, 0.05) is 5.02 Å². The van der Waals surface area contributed by atoms with E-state index < -0.39 is 0 Å². The summed E-state index contributed by atoms with van der Waals surface area (Å²) in [5, 5.41) is 1.31. The van der Waals surface area contributed by atoms with E-state index in [1.165, 1.54) is 0 Å². The van der Waals surface area contributed by atoms with E-state index in [0.717, 1.165) is 19.3 Å². The van der Waals surface area contributed by atoms with Crippen molar-refractivity contribution in [2.24, 2.45) is 5.73 Å². The van der Waals surface area contributed by atoms with Crippen LogP contribution in [0.3, 0.4) is 0 Å². The van der Waals surface area contributed by atoms with Crippen molar-refractivity contribution in [2.75, 3.05) is 6.61 Å². The van der Waals surface area contributed by atoms with Crippen molar-refractivity contribution in [2.45, 2.75) is 19.3 Å². The molecule has 6 heteroatoms. The molecule has 0 fully saturated rings. The third-order valence-corrected chi connectivity index (χ3v) is 3.01. The van der Waals surface area contributed by atoms with Crippen LogP contribution in [0, 0.1) is 0 Å². The molecule has 0 heterocycles. The SMILES string of the molecule is NC(=S)CCCCOc1c(Cl)cc(Cl)cc1Cl. The quantitative estimate of drug-likeness (QED) is 0.621. The van der Waals surface area contributed by atoms with Crippen molar-refractivity contribution in [1.82, 2.24) is 0 Å². The molecule has 2 N–H and O–H groups in total. The van der Waals surface area contributed by atoms with Gasteiger partial charge < -0.3 is 10.5 Å². The van der Waals surface area contributed by atoms with E-state index in [1.54, 1.807) is 12.1 Å². The van der Waals surface area contributed by atoms with Gasteiger partial charge >= 0.3 is 0 Å². The summed E-state index contributed by atoms with van der Waals surface area (Å²) in [6.07, 6.45) is 2.45. The Balaban J connectivity index is 2.44. The molecule has 0 amide bonds. The van der Waals surface area contributed by atoms with Gasteiger partial charge in [0.25, 0.3) is 0 Å². The molecule has 0 radical (unpaired) electrons. The molecular weight excluding hydrogens is 301 g/mol. The second-order valence-electron chi connectivity index (χ2n) is 3.47. The average Bonchev–Trinajstić information content (AvgIpc) is 2.20. The number of benzene rings is 1. The Bertz CT molecular complexity index is 389. The smallest absolute Gasteiger partial charge is 0.156 e. The highest BCUT2D eigenvalue weighted by molar-refractivity contribution is 7.80. The maximum absolute atomic E-state index is 5.96. The fourth-order valence-electron chi connectivity index (χ4n) is 1.24. The number of thiocarbonyl (C=S) groups is 1. The Hall–Kier alpha value is -0.220. The monoisotopic (exact) mass is 311 g/mol. The molecule has 0 atom stereocenters. The molecule has 94 valence electrons. The highest BCUT2D eigenvalue weighted by Crippen LogP contribution is 2.35. The molecule has 17 heavy (non-hydrogen) atoms. The van der Waals surface area contributed by atoms with Crippen molar-refractivity contribution in [1.29, 1.82) is 0 Å². The Labute approximate surface area is 121 Å². The molecule has 0 aromatic heterocycles. The predicted molar refractivity (Wildman–Crippen MR) is 77.6 cm³/mol. The van der Waals surface area contributed by atoms with Crippen LogP contribution < -0.4 is 10.5 Å². The molecule has 1 rings (SSSR count). The van der Waals surface area contributed by atoms with Gasteiger partial charge in [-0.1, -0.05) is 47.0 Å². The van der Waals surface area contributed by atoms with Gasteiger partial charge in [-0.05, 0) is 31.4 Å². The first-order valence-electron chi connectivity index (χ1n) is 5.06. The van der Waals surface area contributed by atoms with Crippen molar-refractivity contribution >= 4 is 52.0 Å². The lowest BCUT2D eigenvalue weighted by Gasteiger charge is -2.10. The summed E-state index contributed by atoms with van der Waals surface area (Å²) in [7, 11) is 0. The van der Waals surface area contributed by atoms with Crippen molar-refractivity contribution in [3.05, 3.63) is 27.2 Å². The van der Waals surface area contributed by atoms with Crippen molar-refractivity contribution in [3.63, 3.8) is 0 Å². The van der Waals surface area contributed by atoms with Gasteiger partial charge in [-0.15, -0.1) is 0 Å². The van der Waals surface area contributed by atoms with Gasteiger partial charge in [-0.2, -0.15) is 0 Å². The molecule has 0 spiro atoms. The second kappa shape index (κ2) is 7.27. The Morgan fingerprint density at radius 3 is 2.29 bits per heavy atom. The number of unbranched alkanes of at least 4 members (excludes halogenated alkanes) is 1. The van der Waals surface area contributed by atoms with Crippen LogP contribution in [0.1, 0.15) is 19.3 Å². The molecule has 0 aliphatic carbocycles. The zero-order valence-electron chi connectivity index (χ0n) is 9.01. The molecule has 0 aliphatic heterocycles. The number of hydrogen-bond acceptors (Lipinski definition) is 2. The van der Waals surface area contributed by atoms with Gasteiger partial charge in [0.1, 0.15) is 0 Å². The minimum Gasteiger partial charge on any atom is -0.490 e. The standard InChI is InChI=1S/C11H12Cl3NOS/c12-7-5-8(13)11(9(14)6-7)16-4-2-1-3-10(15)17/h5-6H,1-4H2,(H2,15,17). The fourth-order valence-corrected chi connectivity index (χ4v) is 2.31. The number of rotatable bonds is 6. The summed E-state index contributed by atoms with van der Waals surface area (Å²) in [6, 6.07) is 3.19. The molecule has 0 saturated carbocycles. The van der Waals surface area contributed by atoms with E-state index in [9.17, 15) is 0 Å². The predicted octanol–water partition coefficient (Wildman–Crippen LogP) is 4.48. The van der Waals surface area contributed by atoms with Crippen LogP contribution in [0.2, 0.25) is 15.1 Å². The van der Waals surface area contributed by atoms with Crippen LogP contribution in [-0.4, -0.2) is 11.6 Å². The summed E-state index contributed by atoms with van der Waals surface area (Å²) in [5.74, 6) is 0.466. The van der Waals surface area contributed by atoms with Gasteiger partial charge in [-0.25, -0.2) is 0 Å². The van der Waals surface area contributed by atoms with Crippen LogP contribution in [-0.2, 0) is 0 Å². The summed E-state index contributed by atoms with van der Waals surface area (Å²) in [4.78, 5) is 0.521. The van der Waals surface area contributed by atoms with E-state index in [0.29, 0.717) is 32.4 Å². The summed E-state index contributed by atoms with van der Waals surface area (Å²) >= 11 is 22.5. The Morgan fingerprint density at radius 1 is 1.18 bits per heavy atom. The fraction of sp³-hybridized carbons (Fsp3) is 0.364. The molecule has 2 nitrogen and oxygen atoms in total. The number of nitrogens with two attached hydrogens (primary N) is 1. The van der Waals surface area contributed by atoms with Gasteiger partial charge in [0.15, 0.2) is 5.75 Å². The van der Waals surface area contributed by atoms with E-state index in [-0.39, 0.29) is 0 Å². The first-order valence-corrected chi connectivity index (χ1v) is 6.60. The lowest BCUT2D eigenvalue weighted by atomic mass is 10.2. The van der Waals surface area contributed by atoms with Crippen LogP contribution >= 0.6 is 47.0 Å². The average molecular weight is 313 g/mol.